The van der Waals surface area contributed by atoms with Gasteiger partial charge < -0.3 is 14.8 Å². The summed E-state index contributed by atoms with van der Waals surface area (Å²) >= 11 is 0. The predicted octanol–water partition coefficient (Wildman–Crippen LogP) is 3.06. The number of ether oxygens (including phenoxy) is 2. The lowest BCUT2D eigenvalue weighted by molar-refractivity contribution is 0.0926. The lowest BCUT2D eigenvalue weighted by Crippen LogP contribution is -2.27. The lowest BCUT2D eigenvalue weighted by atomic mass is 10.0. The Balaban J connectivity index is 1.76. The third-order valence-electron chi connectivity index (χ3n) is 3.72. The Morgan fingerprint density at radius 1 is 1.05 bits per heavy atom. The average molecular weight is 269 g/mol. The zero-order valence-corrected chi connectivity index (χ0v) is 11.6. The van der Waals surface area contributed by atoms with Crippen LogP contribution in [0.4, 0.5) is 0 Å². The van der Waals surface area contributed by atoms with Crippen molar-refractivity contribution in [2.24, 2.45) is 0 Å². The van der Waals surface area contributed by atoms with Gasteiger partial charge in [-0.1, -0.05) is 36.4 Å². The zero-order valence-electron chi connectivity index (χ0n) is 11.6. The fraction of sp³-hybridized carbons (Fsp3) is 0.294. The zero-order chi connectivity index (χ0) is 13.8. The summed E-state index contributed by atoms with van der Waals surface area (Å²) in [4.78, 5) is 0. The molecule has 1 N–H and O–H groups in total. The monoisotopic (exact) mass is 269 g/mol. The second kappa shape index (κ2) is 6.07. The van der Waals surface area contributed by atoms with E-state index in [1.807, 2.05) is 12.1 Å². The van der Waals surface area contributed by atoms with Crippen molar-refractivity contribution >= 4 is 0 Å². The normalized spacial score (nSPS) is 18.8. The molecule has 0 bridgehead atoms. The Bertz CT molecular complexity index is 565. The predicted molar refractivity (Wildman–Crippen MR) is 78.7 cm³/mol. The molecule has 0 saturated heterocycles. The molecule has 0 fully saturated rings. The highest BCUT2D eigenvalue weighted by Gasteiger charge is 2.15. The van der Waals surface area contributed by atoms with Crippen molar-refractivity contribution in [3.05, 3.63) is 65.2 Å². The molecule has 0 aliphatic carbocycles. The molecule has 2 aromatic rings. The van der Waals surface area contributed by atoms with Gasteiger partial charge in [0.15, 0.2) is 0 Å². The highest BCUT2D eigenvalue weighted by atomic mass is 16.5. The van der Waals surface area contributed by atoms with E-state index in [1.54, 1.807) is 7.11 Å². The van der Waals surface area contributed by atoms with Gasteiger partial charge in [-0.05, 0) is 28.8 Å². The number of methoxy groups -OCH3 is 1. The molecule has 3 rings (SSSR count). The van der Waals surface area contributed by atoms with E-state index in [4.69, 9.17) is 9.47 Å². The summed E-state index contributed by atoms with van der Waals surface area (Å²) < 4.78 is 11.0. The van der Waals surface area contributed by atoms with Gasteiger partial charge in [0.2, 0.25) is 0 Å². The van der Waals surface area contributed by atoms with Crippen LogP contribution >= 0.6 is 0 Å². The maximum atomic E-state index is 5.83. The van der Waals surface area contributed by atoms with Crippen LogP contribution in [0.2, 0.25) is 0 Å². The number of hydrogen-bond acceptors (Lipinski definition) is 3. The van der Waals surface area contributed by atoms with Gasteiger partial charge in [0.1, 0.15) is 5.75 Å². The Hall–Kier alpha value is -1.84. The van der Waals surface area contributed by atoms with E-state index in [-0.39, 0.29) is 6.04 Å². The summed E-state index contributed by atoms with van der Waals surface area (Å²) in [6, 6.07) is 16.8. The van der Waals surface area contributed by atoms with Crippen LogP contribution in [-0.2, 0) is 17.9 Å². The molecule has 2 aromatic carbocycles. The van der Waals surface area contributed by atoms with Crippen molar-refractivity contribution in [2.45, 2.75) is 19.2 Å². The quantitative estimate of drug-likeness (QED) is 0.909. The van der Waals surface area contributed by atoms with E-state index < -0.39 is 0 Å². The van der Waals surface area contributed by atoms with Crippen LogP contribution in [0, 0.1) is 0 Å². The maximum Gasteiger partial charge on any atom is 0.118 e. The molecule has 0 spiro atoms. The maximum absolute atomic E-state index is 5.83. The van der Waals surface area contributed by atoms with Crippen LogP contribution in [-0.4, -0.2) is 13.7 Å². The van der Waals surface area contributed by atoms with Crippen molar-refractivity contribution in [3.8, 4) is 5.75 Å². The highest BCUT2D eigenvalue weighted by Crippen LogP contribution is 2.21. The van der Waals surface area contributed by atoms with Gasteiger partial charge >= 0.3 is 0 Å². The molecule has 0 aromatic heterocycles. The summed E-state index contributed by atoms with van der Waals surface area (Å²) in [5, 5.41) is 3.57. The minimum absolute atomic E-state index is 0.217. The molecule has 1 aliphatic heterocycles. The van der Waals surface area contributed by atoms with Gasteiger partial charge in [-0.15, -0.1) is 0 Å². The third-order valence-corrected chi connectivity index (χ3v) is 3.72. The third kappa shape index (κ3) is 2.84. The van der Waals surface area contributed by atoms with Crippen molar-refractivity contribution in [1.29, 1.82) is 0 Å². The van der Waals surface area contributed by atoms with Crippen molar-refractivity contribution < 1.29 is 9.47 Å². The van der Waals surface area contributed by atoms with Gasteiger partial charge in [0, 0.05) is 6.54 Å². The molecule has 0 radical (unpaired) electrons. The highest BCUT2D eigenvalue weighted by molar-refractivity contribution is 5.30. The topological polar surface area (TPSA) is 30.5 Å². The molecule has 3 nitrogen and oxygen atoms in total. The van der Waals surface area contributed by atoms with E-state index in [0.717, 1.165) is 12.3 Å². The van der Waals surface area contributed by atoms with E-state index in [1.165, 1.54) is 16.7 Å². The van der Waals surface area contributed by atoms with Gasteiger partial charge in [0.25, 0.3) is 0 Å². The van der Waals surface area contributed by atoms with Crippen LogP contribution in [0.15, 0.2) is 48.5 Å². The Morgan fingerprint density at radius 3 is 2.55 bits per heavy atom. The second-order valence-electron chi connectivity index (χ2n) is 4.99. The van der Waals surface area contributed by atoms with Crippen LogP contribution in [0.25, 0.3) is 0 Å². The minimum atomic E-state index is 0.217. The summed E-state index contributed by atoms with van der Waals surface area (Å²) in [6.45, 7) is 2.24. The molecule has 104 valence electrons. The van der Waals surface area contributed by atoms with E-state index in [2.05, 4.69) is 41.7 Å². The van der Waals surface area contributed by atoms with Crippen LogP contribution in [0.1, 0.15) is 22.7 Å². The van der Waals surface area contributed by atoms with Crippen LogP contribution in [0.3, 0.4) is 0 Å². The standard InChI is InChI=1S/C17H19NO2/c1-19-16-8-6-13(7-9-16)17-12-20-11-15-5-3-2-4-14(15)10-18-17/h2-9,17-18H,10-12H2,1H3. The van der Waals surface area contributed by atoms with Crippen molar-refractivity contribution in [3.63, 3.8) is 0 Å². The molecule has 1 aliphatic rings. The molecule has 20 heavy (non-hydrogen) atoms. The SMILES string of the molecule is COc1ccc(C2COCc3ccccc3CN2)cc1. The Kier molecular flexibility index (Phi) is 4.00. The number of nitrogens with one attached hydrogen (secondary N) is 1. The molecular formula is C17H19NO2. The van der Waals surface area contributed by atoms with E-state index >= 15 is 0 Å². The average Bonchev–Trinajstić information content (AvgIpc) is 2.48. The summed E-state index contributed by atoms with van der Waals surface area (Å²) in [7, 11) is 1.68. The number of benzene rings is 2. The first-order valence-electron chi connectivity index (χ1n) is 6.88. The fourth-order valence-corrected chi connectivity index (χ4v) is 2.50. The summed E-state index contributed by atoms with van der Waals surface area (Å²) in [5.41, 5.74) is 3.81. The molecule has 3 heteroatoms. The van der Waals surface area contributed by atoms with E-state index in [0.29, 0.717) is 13.2 Å². The van der Waals surface area contributed by atoms with Crippen LogP contribution < -0.4 is 10.1 Å². The van der Waals surface area contributed by atoms with Gasteiger partial charge in [-0.25, -0.2) is 0 Å². The molecule has 1 atom stereocenters. The first-order chi connectivity index (χ1) is 9.86. The molecule has 0 saturated carbocycles. The number of hydrogen-bond donors (Lipinski definition) is 1. The Labute approximate surface area is 119 Å². The van der Waals surface area contributed by atoms with Crippen molar-refractivity contribution in [2.75, 3.05) is 13.7 Å². The number of fused-ring (bicyclic) bond motifs is 1. The fourth-order valence-electron chi connectivity index (χ4n) is 2.50. The van der Waals surface area contributed by atoms with E-state index in [9.17, 15) is 0 Å². The Morgan fingerprint density at radius 2 is 1.80 bits per heavy atom. The van der Waals surface area contributed by atoms with Gasteiger partial charge in [0.05, 0.1) is 26.4 Å². The second-order valence-corrected chi connectivity index (χ2v) is 4.99. The largest absolute Gasteiger partial charge is 0.497 e. The van der Waals surface area contributed by atoms with Crippen molar-refractivity contribution in [1.82, 2.24) is 5.32 Å². The molecule has 0 amide bonds. The van der Waals surface area contributed by atoms with Crippen LogP contribution in [0.5, 0.6) is 5.75 Å². The number of rotatable bonds is 2. The first kappa shape index (κ1) is 13.2. The first-order valence-corrected chi connectivity index (χ1v) is 6.88. The summed E-state index contributed by atoms with van der Waals surface area (Å²) in [6.07, 6.45) is 0. The minimum Gasteiger partial charge on any atom is -0.497 e. The molecular weight excluding hydrogens is 250 g/mol. The lowest BCUT2D eigenvalue weighted by Gasteiger charge is -2.24. The molecule has 1 heterocycles. The van der Waals surface area contributed by atoms with Gasteiger partial charge in [-0.3, -0.25) is 0 Å². The summed E-state index contributed by atoms with van der Waals surface area (Å²) in [5.74, 6) is 0.880. The molecule has 1 unspecified atom stereocenters. The van der Waals surface area contributed by atoms with Gasteiger partial charge in [-0.2, -0.15) is 0 Å². The smallest absolute Gasteiger partial charge is 0.118 e.